The molecule has 2 rings (SSSR count). The minimum absolute atomic E-state index is 0.0885. The lowest BCUT2D eigenvalue weighted by Crippen LogP contribution is -2.50. The average molecular weight is 284 g/mol. The smallest absolute Gasteiger partial charge is 0.310 e. The van der Waals surface area contributed by atoms with E-state index in [4.69, 9.17) is 4.74 Å². The van der Waals surface area contributed by atoms with Crippen LogP contribution in [-0.4, -0.2) is 72.2 Å². The van der Waals surface area contributed by atoms with Gasteiger partial charge in [0.05, 0.1) is 24.7 Å². The summed E-state index contributed by atoms with van der Waals surface area (Å²) in [4.78, 5) is 27.7. The van der Waals surface area contributed by atoms with Gasteiger partial charge in [-0.25, -0.2) is 0 Å². The standard InChI is InChI=1S/C14H24N2O4/c1-3-14(13(18)19)4-5-16(10-14)11(2)12(17)15-6-8-20-9-7-15/h11H,3-10H2,1-2H3,(H,18,19). The van der Waals surface area contributed by atoms with E-state index in [0.717, 1.165) is 0 Å². The first-order valence-electron chi connectivity index (χ1n) is 7.34. The molecule has 0 aliphatic carbocycles. The Balaban J connectivity index is 1.98. The van der Waals surface area contributed by atoms with Gasteiger partial charge < -0.3 is 14.7 Å². The summed E-state index contributed by atoms with van der Waals surface area (Å²) in [7, 11) is 0. The second kappa shape index (κ2) is 6.10. The van der Waals surface area contributed by atoms with Crippen LogP contribution in [0.15, 0.2) is 0 Å². The first-order valence-corrected chi connectivity index (χ1v) is 7.34. The van der Waals surface area contributed by atoms with E-state index in [-0.39, 0.29) is 11.9 Å². The number of carboxylic acid groups (broad SMARTS) is 1. The molecule has 0 aromatic rings. The number of rotatable bonds is 4. The quantitative estimate of drug-likeness (QED) is 0.810. The zero-order valence-electron chi connectivity index (χ0n) is 12.3. The Morgan fingerprint density at radius 2 is 1.95 bits per heavy atom. The lowest BCUT2D eigenvalue weighted by Gasteiger charge is -2.33. The molecular formula is C14H24N2O4. The minimum Gasteiger partial charge on any atom is -0.481 e. The number of hydrogen-bond donors (Lipinski definition) is 1. The molecule has 2 atom stereocenters. The predicted octanol–water partition coefficient (Wildman–Crippen LogP) is 0.420. The molecule has 2 fully saturated rings. The molecule has 2 saturated heterocycles. The molecule has 0 aromatic carbocycles. The monoisotopic (exact) mass is 284 g/mol. The summed E-state index contributed by atoms with van der Waals surface area (Å²) in [6.45, 7) is 7.38. The van der Waals surface area contributed by atoms with Gasteiger partial charge in [0.25, 0.3) is 0 Å². The van der Waals surface area contributed by atoms with Gasteiger partial charge in [0, 0.05) is 26.2 Å². The second-order valence-electron chi connectivity index (χ2n) is 5.77. The van der Waals surface area contributed by atoms with Crippen molar-refractivity contribution in [2.75, 3.05) is 39.4 Å². The molecule has 0 radical (unpaired) electrons. The molecule has 2 aliphatic rings. The van der Waals surface area contributed by atoms with Crippen molar-refractivity contribution in [2.45, 2.75) is 32.7 Å². The van der Waals surface area contributed by atoms with Crippen LogP contribution in [0.4, 0.5) is 0 Å². The highest BCUT2D eigenvalue weighted by Crippen LogP contribution is 2.35. The van der Waals surface area contributed by atoms with E-state index in [1.165, 1.54) is 0 Å². The summed E-state index contributed by atoms with van der Waals surface area (Å²) in [5.41, 5.74) is -0.681. The first kappa shape index (κ1) is 15.3. The van der Waals surface area contributed by atoms with Gasteiger partial charge in [0.2, 0.25) is 5.91 Å². The fourth-order valence-electron chi connectivity index (χ4n) is 3.05. The maximum absolute atomic E-state index is 12.4. The van der Waals surface area contributed by atoms with Gasteiger partial charge in [-0.2, -0.15) is 0 Å². The number of aliphatic carboxylic acids is 1. The van der Waals surface area contributed by atoms with Crippen LogP contribution in [-0.2, 0) is 14.3 Å². The third-order valence-electron chi connectivity index (χ3n) is 4.74. The third kappa shape index (κ3) is 2.81. The van der Waals surface area contributed by atoms with Crippen LogP contribution >= 0.6 is 0 Å². The number of amides is 1. The maximum Gasteiger partial charge on any atom is 0.310 e. The largest absolute Gasteiger partial charge is 0.481 e. The lowest BCUT2D eigenvalue weighted by atomic mass is 9.84. The van der Waals surface area contributed by atoms with Crippen LogP contribution in [0.3, 0.4) is 0 Å². The van der Waals surface area contributed by atoms with Gasteiger partial charge in [-0.15, -0.1) is 0 Å². The maximum atomic E-state index is 12.4. The molecular weight excluding hydrogens is 260 g/mol. The van der Waals surface area contributed by atoms with Gasteiger partial charge in [-0.05, 0) is 19.8 Å². The van der Waals surface area contributed by atoms with Gasteiger partial charge in [-0.1, -0.05) is 6.92 Å². The van der Waals surface area contributed by atoms with Crippen LogP contribution in [0.25, 0.3) is 0 Å². The van der Waals surface area contributed by atoms with Crippen LogP contribution in [0.2, 0.25) is 0 Å². The number of carbonyl (C=O) groups excluding carboxylic acids is 1. The van der Waals surface area contributed by atoms with Crippen molar-refractivity contribution in [1.29, 1.82) is 0 Å². The Hall–Kier alpha value is -1.14. The van der Waals surface area contributed by atoms with E-state index in [1.54, 1.807) is 0 Å². The molecule has 0 saturated carbocycles. The SMILES string of the molecule is CCC1(C(=O)O)CCN(C(C)C(=O)N2CCOCC2)C1. The summed E-state index contributed by atoms with van der Waals surface area (Å²) in [6, 6.07) is -0.249. The molecule has 20 heavy (non-hydrogen) atoms. The minimum atomic E-state index is -0.742. The molecule has 0 bridgehead atoms. The summed E-state index contributed by atoms with van der Waals surface area (Å²) in [5.74, 6) is -0.654. The lowest BCUT2D eigenvalue weighted by molar-refractivity contribution is -0.149. The molecule has 6 nitrogen and oxygen atoms in total. The molecule has 2 unspecified atom stereocenters. The number of likely N-dealkylation sites (tertiary alicyclic amines) is 1. The number of ether oxygens (including phenoxy) is 1. The summed E-state index contributed by atoms with van der Waals surface area (Å²) < 4.78 is 5.25. The molecule has 6 heteroatoms. The van der Waals surface area contributed by atoms with Crippen molar-refractivity contribution in [2.24, 2.45) is 5.41 Å². The van der Waals surface area contributed by atoms with Crippen LogP contribution in [0.5, 0.6) is 0 Å². The number of morpholine rings is 1. The summed E-state index contributed by atoms with van der Waals surface area (Å²) in [6.07, 6.45) is 1.23. The predicted molar refractivity (Wildman–Crippen MR) is 73.4 cm³/mol. The Kier molecular flexibility index (Phi) is 4.65. The van der Waals surface area contributed by atoms with Crippen molar-refractivity contribution < 1.29 is 19.4 Å². The molecule has 1 amide bonds. The first-order chi connectivity index (χ1) is 9.50. The van der Waals surface area contributed by atoms with Crippen molar-refractivity contribution in [1.82, 2.24) is 9.80 Å². The third-order valence-corrected chi connectivity index (χ3v) is 4.74. The topological polar surface area (TPSA) is 70.1 Å². The zero-order chi connectivity index (χ0) is 14.8. The number of carbonyl (C=O) groups is 2. The van der Waals surface area contributed by atoms with Crippen LogP contribution < -0.4 is 0 Å². The highest BCUT2D eigenvalue weighted by atomic mass is 16.5. The number of nitrogens with zero attached hydrogens (tertiary/aromatic N) is 2. The highest BCUT2D eigenvalue weighted by Gasteiger charge is 2.45. The van der Waals surface area contributed by atoms with E-state index < -0.39 is 11.4 Å². The van der Waals surface area contributed by atoms with Gasteiger partial charge in [0.1, 0.15) is 0 Å². The zero-order valence-corrected chi connectivity index (χ0v) is 12.3. The van der Waals surface area contributed by atoms with E-state index in [2.05, 4.69) is 0 Å². The summed E-state index contributed by atoms with van der Waals surface area (Å²) in [5, 5.41) is 9.41. The van der Waals surface area contributed by atoms with E-state index in [0.29, 0.717) is 52.2 Å². The van der Waals surface area contributed by atoms with E-state index in [1.807, 2.05) is 23.6 Å². The van der Waals surface area contributed by atoms with Crippen molar-refractivity contribution >= 4 is 11.9 Å². The fourth-order valence-corrected chi connectivity index (χ4v) is 3.05. The Morgan fingerprint density at radius 1 is 1.30 bits per heavy atom. The molecule has 0 spiro atoms. The normalized spacial score (nSPS) is 29.4. The van der Waals surface area contributed by atoms with Crippen LogP contribution in [0.1, 0.15) is 26.7 Å². The van der Waals surface area contributed by atoms with E-state index >= 15 is 0 Å². The number of hydrogen-bond acceptors (Lipinski definition) is 4. The average Bonchev–Trinajstić information content (AvgIpc) is 2.92. The number of carboxylic acids is 1. The van der Waals surface area contributed by atoms with Gasteiger partial charge >= 0.3 is 5.97 Å². The van der Waals surface area contributed by atoms with Gasteiger partial charge in [0.15, 0.2) is 0 Å². The Bertz CT molecular complexity index is 381. The fraction of sp³-hybridized carbons (Fsp3) is 0.857. The summed E-state index contributed by atoms with van der Waals surface area (Å²) >= 11 is 0. The Morgan fingerprint density at radius 3 is 2.45 bits per heavy atom. The molecule has 0 aromatic heterocycles. The molecule has 114 valence electrons. The van der Waals surface area contributed by atoms with Crippen molar-refractivity contribution in [3.8, 4) is 0 Å². The molecule has 2 aliphatic heterocycles. The molecule has 2 heterocycles. The van der Waals surface area contributed by atoms with Crippen molar-refractivity contribution in [3.05, 3.63) is 0 Å². The van der Waals surface area contributed by atoms with E-state index in [9.17, 15) is 14.7 Å². The second-order valence-corrected chi connectivity index (χ2v) is 5.77. The van der Waals surface area contributed by atoms with Crippen LogP contribution in [0, 0.1) is 5.41 Å². The van der Waals surface area contributed by atoms with Crippen molar-refractivity contribution in [3.63, 3.8) is 0 Å². The Labute approximate surface area is 119 Å². The highest BCUT2D eigenvalue weighted by molar-refractivity contribution is 5.82. The molecule has 1 N–H and O–H groups in total. The van der Waals surface area contributed by atoms with Gasteiger partial charge in [-0.3, -0.25) is 14.5 Å².